The van der Waals surface area contributed by atoms with Crippen molar-refractivity contribution in [2.45, 2.75) is 26.1 Å². The molecule has 0 N–H and O–H groups in total. The van der Waals surface area contributed by atoms with E-state index in [0.29, 0.717) is 18.4 Å². The van der Waals surface area contributed by atoms with Crippen LogP contribution in [0.15, 0.2) is 78.9 Å². The van der Waals surface area contributed by atoms with Crippen LogP contribution in [0.4, 0.5) is 9.18 Å². The second-order valence-electron chi connectivity index (χ2n) is 9.24. The Bertz CT molecular complexity index is 1110. The minimum Gasteiger partial charge on any atom is -0.445 e. The van der Waals surface area contributed by atoms with Crippen molar-refractivity contribution in [2.75, 3.05) is 19.6 Å². The van der Waals surface area contributed by atoms with Gasteiger partial charge in [-0.05, 0) is 47.2 Å². The molecule has 5 rings (SSSR count). The number of hydrogen-bond donors (Lipinski definition) is 0. The molecule has 2 saturated heterocycles. The highest BCUT2D eigenvalue weighted by Gasteiger charge is 2.50. The average Bonchev–Trinajstić information content (AvgIpc) is 3.36. The summed E-state index contributed by atoms with van der Waals surface area (Å²) >= 11 is 0. The lowest BCUT2D eigenvalue weighted by Crippen LogP contribution is -2.36. The topological polar surface area (TPSA) is 32.8 Å². The van der Waals surface area contributed by atoms with E-state index in [9.17, 15) is 9.18 Å². The molecule has 0 aromatic heterocycles. The molecule has 0 bridgehead atoms. The van der Waals surface area contributed by atoms with E-state index >= 15 is 0 Å². The molecule has 2 heterocycles. The number of aryl methyl sites for hydroxylation is 1. The number of nitrogens with zero attached hydrogens (tertiary/aromatic N) is 2. The van der Waals surface area contributed by atoms with E-state index in [1.807, 2.05) is 54.3 Å². The average molecular weight is 445 g/mol. The maximum atomic E-state index is 13.9. The quantitative estimate of drug-likeness (QED) is 0.515. The fourth-order valence-electron chi connectivity index (χ4n) is 5.47. The number of hydrogen-bond acceptors (Lipinski definition) is 3. The fraction of sp³-hybridized carbons (Fsp3) is 0.321. The molecule has 0 saturated carbocycles. The number of benzene rings is 3. The normalized spacial score (nSPS) is 22.4. The van der Waals surface area contributed by atoms with Crippen molar-refractivity contribution in [1.82, 2.24) is 9.80 Å². The van der Waals surface area contributed by atoms with Gasteiger partial charge in [0.2, 0.25) is 0 Å². The molecule has 2 aliphatic rings. The van der Waals surface area contributed by atoms with Crippen LogP contribution in [-0.4, -0.2) is 35.5 Å². The molecule has 0 spiro atoms. The Balaban J connectivity index is 1.36. The van der Waals surface area contributed by atoms with Crippen LogP contribution in [0.25, 0.3) is 0 Å². The van der Waals surface area contributed by atoms with Gasteiger partial charge in [0, 0.05) is 32.1 Å². The Labute approximate surface area is 194 Å². The number of fused-ring (bicyclic) bond motifs is 1. The lowest BCUT2D eigenvalue weighted by atomic mass is 9.87. The van der Waals surface area contributed by atoms with Crippen LogP contribution in [0.1, 0.15) is 28.3 Å². The number of rotatable bonds is 5. The zero-order valence-corrected chi connectivity index (χ0v) is 18.9. The molecular formula is C28H29FN2O2. The first kappa shape index (κ1) is 21.7. The van der Waals surface area contributed by atoms with Gasteiger partial charge in [0.05, 0.1) is 6.04 Å². The molecule has 0 radical (unpaired) electrons. The Hall–Kier alpha value is -3.18. The van der Waals surface area contributed by atoms with Gasteiger partial charge in [-0.3, -0.25) is 4.90 Å². The molecule has 170 valence electrons. The second-order valence-corrected chi connectivity index (χ2v) is 9.24. The third-order valence-electron chi connectivity index (χ3n) is 6.98. The maximum Gasteiger partial charge on any atom is 0.410 e. The molecule has 2 aliphatic heterocycles. The minimum atomic E-state index is -0.295. The van der Waals surface area contributed by atoms with Gasteiger partial charge in [-0.1, -0.05) is 66.7 Å². The lowest BCUT2D eigenvalue weighted by molar-refractivity contribution is 0.0843. The summed E-state index contributed by atoms with van der Waals surface area (Å²) in [5.41, 5.74) is 4.16. The molecule has 2 fully saturated rings. The molecule has 3 aromatic carbocycles. The van der Waals surface area contributed by atoms with E-state index in [-0.39, 0.29) is 24.6 Å². The van der Waals surface area contributed by atoms with Gasteiger partial charge in [-0.2, -0.15) is 0 Å². The van der Waals surface area contributed by atoms with Crippen molar-refractivity contribution in [1.29, 1.82) is 0 Å². The standard InChI is InChI=1S/C28H29FN2O2/c1-20-14-24(29)12-13-25(20)27-26-18-30(15-21-8-4-2-5-9-21)16-23(26)17-31(27)28(32)33-19-22-10-6-3-7-11-22/h2-14,23,26-27H,15-19H2,1H3. The summed E-state index contributed by atoms with van der Waals surface area (Å²) in [6, 6.07) is 25.0. The van der Waals surface area contributed by atoms with Crippen LogP contribution in [0.3, 0.4) is 0 Å². The smallest absolute Gasteiger partial charge is 0.410 e. The van der Waals surface area contributed by atoms with Crippen molar-refractivity contribution < 1.29 is 13.9 Å². The van der Waals surface area contributed by atoms with Crippen LogP contribution in [0, 0.1) is 24.6 Å². The first-order valence-electron chi connectivity index (χ1n) is 11.6. The van der Waals surface area contributed by atoms with Gasteiger partial charge in [0.15, 0.2) is 0 Å². The highest BCUT2D eigenvalue weighted by Crippen LogP contribution is 2.46. The van der Waals surface area contributed by atoms with Crippen LogP contribution in [-0.2, 0) is 17.9 Å². The van der Waals surface area contributed by atoms with Crippen molar-refractivity contribution in [3.8, 4) is 0 Å². The molecular weight excluding hydrogens is 415 g/mol. The van der Waals surface area contributed by atoms with Crippen LogP contribution >= 0.6 is 0 Å². The molecule has 33 heavy (non-hydrogen) atoms. The van der Waals surface area contributed by atoms with E-state index in [1.165, 1.54) is 11.6 Å². The van der Waals surface area contributed by atoms with Gasteiger partial charge in [0.25, 0.3) is 0 Å². The molecule has 3 aromatic rings. The molecule has 3 atom stereocenters. The summed E-state index contributed by atoms with van der Waals surface area (Å²) < 4.78 is 19.6. The van der Waals surface area contributed by atoms with Crippen molar-refractivity contribution in [3.05, 3.63) is 107 Å². The summed E-state index contributed by atoms with van der Waals surface area (Å²) in [5, 5.41) is 0. The van der Waals surface area contributed by atoms with Crippen molar-refractivity contribution >= 4 is 6.09 Å². The van der Waals surface area contributed by atoms with E-state index in [4.69, 9.17) is 4.74 Å². The second kappa shape index (κ2) is 9.36. The monoisotopic (exact) mass is 444 g/mol. The van der Waals surface area contributed by atoms with Gasteiger partial charge in [-0.15, -0.1) is 0 Å². The first-order valence-corrected chi connectivity index (χ1v) is 11.6. The van der Waals surface area contributed by atoms with E-state index in [0.717, 1.165) is 36.3 Å². The van der Waals surface area contributed by atoms with Crippen LogP contribution < -0.4 is 0 Å². The summed E-state index contributed by atoms with van der Waals surface area (Å²) in [6.45, 7) is 5.59. The zero-order valence-electron chi connectivity index (χ0n) is 18.9. The van der Waals surface area contributed by atoms with Crippen LogP contribution in [0.5, 0.6) is 0 Å². The summed E-state index contributed by atoms with van der Waals surface area (Å²) in [4.78, 5) is 17.5. The van der Waals surface area contributed by atoms with Gasteiger partial charge >= 0.3 is 6.09 Å². The Morgan fingerprint density at radius 1 is 0.939 bits per heavy atom. The SMILES string of the molecule is Cc1cc(F)ccc1C1C2CN(Cc3ccccc3)CC2CN1C(=O)OCc1ccccc1. The van der Waals surface area contributed by atoms with E-state index in [2.05, 4.69) is 29.2 Å². The van der Waals surface area contributed by atoms with Crippen molar-refractivity contribution in [3.63, 3.8) is 0 Å². The number of likely N-dealkylation sites (tertiary alicyclic amines) is 2. The largest absolute Gasteiger partial charge is 0.445 e. The predicted octanol–water partition coefficient (Wildman–Crippen LogP) is 5.58. The number of carbonyl (C=O) groups excluding carboxylic acids is 1. The molecule has 4 nitrogen and oxygen atoms in total. The van der Waals surface area contributed by atoms with Crippen molar-refractivity contribution in [2.24, 2.45) is 11.8 Å². The lowest BCUT2D eigenvalue weighted by Gasteiger charge is -2.30. The van der Waals surface area contributed by atoms with Gasteiger partial charge < -0.3 is 9.64 Å². The zero-order chi connectivity index (χ0) is 22.8. The third-order valence-corrected chi connectivity index (χ3v) is 6.98. The Morgan fingerprint density at radius 3 is 2.33 bits per heavy atom. The Kier molecular flexibility index (Phi) is 6.14. The van der Waals surface area contributed by atoms with Gasteiger partial charge in [0.1, 0.15) is 12.4 Å². The molecule has 0 aliphatic carbocycles. The summed E-state index contributed by atoms with van der Waals surface area (Å²) in [6.07, 6.45) is -0.295. The summed E-state index contributed by atoms with van der Waals surface area (Å²) in [7, 11) is 0. The van der Waals surface area contributed by atoms with Crippen LogP contribution in [0.2, 0.25) is 0 Å². The number of halogens is 1. The van der Waals surface area contributed by atoms with E-state index < -0.39 is 0 Å². The highest BCUT2D eigenvalue weighted by molar-refractivity contribution is 5.69. The first-order chi connectivity index (χ1) is 16.1. The molecule has 1 amide bonds. The fourth-order valence-corrected chi connectivity index (χ4v) is 5.47. The maximum absolute atomic E-state index is 13.9. The third kappa shape index (κ3) is 4.64. The van der Waals surface area contributed by atoms with Gasteiger partial charge in [-0.25, -0.2) is 9.18 Å². The number of ether oxygens (including phenoxy) is 1. The number of carbonyl (C=O) groups is 1. The predicted molar refractivity (Wildman–Crippen MR) is 126 cm³/mol. The minimum absolute atomic E-state index is 0.111. The van der Waals surface area contributed by atoms with E-state index in [1.54, 1.807) is 6.07 Å². The molecule has 5 heteroatoms. The summed E-state index contributed by atoms with van der Waals surface area (Å²) in [5.74, 6) is 0.413. The highest BCUT2D eigenvalue weighted by atomic mass is 19.1. The Morgan fingerprint density at radius 2 is 1.64 bits per heavy atom. The molecule has 3 unspecified atom stereocenters. The number of amides is 1.